The van der Waals surface area contributed by atoms with Crippen molar-refractivity contribution in [2.75, 3.05) is 13.7 Å². The molecule has 16 heavy (non-hydrogen) atoms. The van der Waals surface area contributed by atoms with Gasteiger partial charge in [0.25, 0.3) is 5.56 Å². The second kappa shape index (κ2) is 4.35. The molecule has 1 aromatic heterocycles. The van der Waals surface area contributed by atoms with Crippen LogP contribution in [0, 0.1) is 0 Å². The lowest BCUT2D eigenvalue weighted by Crippen LogP contribution is -2.27. The van der Waals surface area contributed by atoms with E-state index in [0.717, 1.165) is 12.8 Å². The molecule has 0 bridgehead atoms. The fourth-order valence-electron chi connectivity index (χ4n) is 1.95. The number of aromatic amines is 1. The first-order chi connectivity index (χ1) is 7.64. The molecule has 1 unspecified atom stereocenters. The first-order valence-corrected chi connectivity index (χ1v) is 5.38. The van der Waals surface area contributed by atoms with E-state index in [-0.39, 0.29) is 5.56 Å². The summed E-state index contributed by atoms with van der Waals surface area (Å²) in [6, 6.07) is 1.45. The van der Waals surface area contributed by atoms with Gasteiger partial charge in [-0.1, -0.05) is 0 Å². The molecule has 0 radical (unpaired) electrons. The molecule has 1 fully saturated rings. The van der Waals surface area contributed by atoms with Gasteiger partial charge in [0, 0.05) is 19.8 Å². The van der Waals surface area contributed by atoms with Crippen molar-refractivity contribution in [2.45, 2.75) is 32.0 Å². The van der Waals surface area contributed by atoms with Gasteiger partial charge in [-0.15, -0.1) is 0 Å². The predicted octanol–water partition coefficient (Wildman–Crippen LogP) is 0.942. The van der Waals surface area contributed by atoms with Gasteiger partial charge in [-0.2, -0.15) is 0 Å². The molecule has 1 aliphatic heterocycles. The number of rotatable bonds is 3. The van der Waals surface area contributed by atoms with Crippen molar-refractivity contribution in [3.63, 3.8) is 0 Å². The molecular formula is C11H16N2O3. The van der Waals surface area contributed by atoms with Crippen LogP contribution in [0.15, 0.2) is 10.9 Å². The van der Waals surface area contributed by atoms with Crippen molar-refractivity contribution in [1.82, 2.24) is 9.97 Å². The van der Waals surface area contributed by atoms with Gasteiger partial charge in [-0.05, 0) is 19.8 Å². The standard InChI is InChI=1S/C11H16N2O3/c1-11(4-3-5-16-11)10-12-8(7-15-2)6-9(14)13-10/h6H,3-5,7H2,1-2H3,(H,12,13,14). The topological polar surface area (TPSA) is 64.2 Å². The third-order valence-corrected chi connectivity index (χ3v) is 2.81. The molecule has 0 aromatic carbocycles. The smallest absolute Gasteiger partial charge is 0.251 e. The highest BCUT2D eigenvalue weighted by atomic mass is 16.5. The van der Waals surface area contributed by atoms with E-state index in [0.29, 0.717) is 24.7 Å². The Labute approximate surface area is 93.8 Å². The number of hydrogen-bond acceptors (Lipinski definition) is 4. The molecule has 1 saturated heterocycles. The Kier molecular flexibility index (Phi) is 3.07. The zero-order chi connectivity index (χ0) is 11.6. The molecule has 5 heteroatoms. The lowest BCUT2D eigenvalue weighted by atomic mass is 10.0. The van der Waals surface area contributed by atoms with Crippen LogP contribution in [-0.4, -0.2) is 23.7 Å². The van der Waals surface area contributed by atoms with Crippen molar-refractivity contribution in [1.29, 1.82) is 0 Å². The maximum Gasteiger partial charge on any atom is 0.251 e. The molecular weight excluding hydrogens is 208 g/mol. The van der Waals surface area contributed by atoms with Crippen LogP contribution in [-0.2, 0) is 21.7 Å². The maximum atomic E-state index is 11.5. The average Bonchev–Trinajstić information content (AvgIpc) is 2.66. The fraction of sp³-hybridized carbons (Fsp3) is 0.636. The maximum absolute atomic E-state index is 11.5. The molecule has 1 atom stereocenters. The van der Waals surface area contributed by atoms with Crippen LogP contribution in [0.25, 0.3) is 0 Å². The number of H-pyrrole nitrogens is 1. The van der Waals surface area contributed by atoms with Crippen LogP contribution in [0.2, 0.25) is 0 Å². The summed E-state index contributed by atoms with van der Waals surface area (Å²) in [6.07, 6.45) is 1.88. The van der Waals surface area contributed by atoms with Gasteiger partial charge in [0.05, 0.1) is 12.3 Å². The summed E-state index contributed by atoms with van der Waals surface area (Å²) >= 11 is 0. The summed E-state index contributed by atoms with van der Waals surface area (Å²) < 4.78 is 10.6. The van der Waals surface area contributed by atoms with Gasteiger partial charge < -0.3 is 14.5 Å². The zero-order valence-corrected chi connectivity index (χ0v) is 9.58. The lowest BCUT2D eigenvalue weighted by Gasteiger charge is -2.22. The zero-order valence-electron chi connectivity index (χ0n) is 9.58. The Morgan fingerprint density at radius 2 is 2.50 bits per heavy atom. The Balaban J connectivity index is 2.36. The summed E-state index contributed by atoms with van der Waals surface area (Å²) in [4.78, 5) is 18.6. The van der Waals surface area contributed by atoms with Crippen LogP contribution >= 0.6 is 0 Å². The highest BCUT2D eigenvalue weighted by Gasteiger charge is 2.34. The highest BCUT2D eigenvalue weighted by molar-refractivity contribution is 5.08. The van der Waals surface area contributed by atoms with E-state index < -0.39 is 5.60 Å². The third kappa shape index (κ3) is 2.15. The van der Waals surface area contributed by atoms with E-state index in [2.05, 4.69) is 9.97 Å². The molecule has 2 rings (SSSR count). The molecule has 5 nitrogen and oxygen atoms in total. The van der Waals surface area contributed by atoms with E-state index in [1.165, 1.54) is 6.07 Å². The van der Waals surface area contributed by atoms with E-state index in [1.807, 2.05) is 6.92 Å². The molecule has 1 N–H and O–H groups in total. The number of hydrogen-bond donors (Lipinski definition) is 1. The number of ether oxygens (including phenoxy) is 2. The van der Waals surface area contributed by atoms with Crippen LogP contribution in [0.4, 0.5) is 0 Å². The first kappa shape index (κ1) is 11.3. The van der Waals surface area contributed by atoms with E-state index >= 15 is 0 Å². The fourth-order valence-corrected chi connectivity index (χ4v) is 1.95. The molecule has 1 aromatic rings. The Morgan fingerprint density at radius 1 is 1.69 bits per heavy atom. The summed E-state index contributed by atoms with van der Waals surface area (Å²) in [6.45, 7) is 3.01. The summed E-state index contributed by atoms with van der Waals surface area (Å²) in [5, 5.41) is 0. The minimum absolute atomic E-state index is 0.159. The second-order valence-electron chi connectivity index (χ2n) is 4.20. The minimum atomic E-state index is -0.455. The van der Waals surface area contributed by atoms with Crippen molar-refractivity contribution in [3.8, 4) is 0 Å². The first-order valence-electron chi connectivity index (χ1n) is 5.38. The van der Waals surface area contributed by atoms with Crippen LogP contribution < -0.4 is 5.56 Å². The summed E-state index contributed by atoms with van der Waals surface area (Å²) in [5.41, 5.74) is 0.0230. The van der Waals surface area contributed by atoms with Gasteiger partial charge in [-0.25, -0.2) is 4.98 Å². The number of nitrogens with zero attached hydrogens (tertiary/aromatic N) is 1. The van der Waals surface area contributed by atoms with Gasteiger partial charge >= 0.3 is 0 Å². The van der Waals surface area contributed by atoms with Crippen molar-refractivity contribution in [2.24, 2.45) is 0 Å². The predicted molar refractivity (Wildman–Crippen MR) is 58.1 cm³/mol. The van der Waals surface area contributed by atoms with Crippen LogP contribution in [0.5, 0.6) is 0 Å². The molecule has 2 heterocycles. The molecule has 0 amide bonds. The average molecular weight is 224 g/mol. The van der Waals surface area contributed by atoms with Gasteiger partial charge in [0.15, 0.2) is 0 Å². The quantitative estimate of drug-likeness (QED) is 0.830. The monoisotopic (exact) mass is 224 g/mol. The van der Waals surface area contributed by atoms with Crippen LogP contribution in [0.1, 0.15) is 31.3 Å². The normalized spacial score (nSPS) is 24.9. The van der Waals surface area contributed by atoms with Crippen molar-refractivity contribution >= 4 is 0 Å². The number of methoxy groups -OCH3 is 1. The summed E-state index contributed by atoms with van der Waals surface area (Å²) in [7, 11) is 1.58. The molecule has 88 valence electrons. The largest absolute Gasteiger partial charge is 0.378 e. The lowest BCUT2D eigenvalue weighted by molar-refractivity contribution is 0.00866. The van der Waals surface area contributed by atoms with Gasteiger partial charge in [0.2, 0.25) is 0 Å². The van der Waals surface area contributed by atoms with Crippen molar-refractivity contribution in [3.05, 3.63) is 27.9 Å². The molecule has 0 spiro atoms. The van der Waals surface area contributed by atoms with E-state index in [9.17, 15) is 4.79 Å². The Morgan fingerprint density at radius 3 is 3.12 bits per heavy atom. The van der Waals surface area contributed by atoms with Gasteiger partial charge in [0.1, 0.15) is 11.4 Å². The number of aromatic nitrogens is 2. The summed E-state index contributed by atoms with van der Waals surface area (Å²) in [5.74, 6) is 0.601. The van der Waals surface area contributed by atoms with E-state index in [4.69, 9.17) is 9.47 Å². The molecule has 0 saturated carbocycles. The van der Waals surface area contributed by atoms with E-state index in [1.54, 1.807) is 7.11 Å². The van der Waals surface area contributed by atoms with Crippen LogP contribution in [0.3, 0.4) is 0 Å². The van der Waals surface area contributed by atoms with Crippen molar-refractivity contribution < 1.29 is 9.47 Å². The third-order valence-electron chi connectivity index (χ3n) is 2.81. The Bertz CT molecular complexity index is 421. The Hall–Kier alpha value is -1.20. The van der Waals surface area contributed by atoms with Gasteiger partial charge in [-0.3, -0.25) is 4.79 Å². The second-order valence-corrected chi connectivity index (χ2v) is 4.20. The number of nitrogens with one attached hydrogen (secondary N) is 1. The molecule has 1 aliphatic rings. The SMILES string of the molecule is COCc1cc(=O)[nH]c(C2(C)CCCO2)n1. The molecule has 0 aliphatic carbocycles. The minimum Gasteiger partial charge on any atom is -0.378 e. The highest BCUT2D eigenvalue weighted by Crippen LogP contribution is 2.32.